The predicted octanol–water partition coefficient (Wildman–Crippen LogP) is 4.58. The average Bonchev–Trinajstić information content (AvgIpc) is 3.37. The molecule has 0 unspecified atom stereocenters. The minimum absolute atomic E-state index is 0.106. The van der Waals surface area contributed by atoms with Crippen molar-refractivity contribution in [3.8, 4) is 5.75 Å². The van der Waals surface area contributed by atoms with E-state index in [2.05, 4.69) is 25.6 Å². The molecule has 0 spiro atoms. The van der Waals surface area contributed by atoms with Gasteiger partial charge in [0, 0.05) is 36.8 Å². The van der Waals surface area contributed by atoms with E-state index in [1.165, 1.54) is 6.33 Å². The largest absolute Gasteiger partial charge is 0.491 e. The normalized spacial score (nSPS) is 12.3. The molecule has 0 atom stereocenters. The van der Waals surface area contributed by atoms with Crippen molar-refractivity contribution in [3.63, 3.8) is 0 Å². The fraction of sp³-hybridized carbons (Fsp3) is 0.444. The molecule has 0 saturated carbocycles. The molecule has 2 aromatic heterocycles. The molecule has 39 heavy (non-hydrogen) atoms. The van der Waals surface area contributed by atoms with Gasteiger partial charge in [-0.2, -0.15) is 0 Å². The van der Waals surface area contributed by atoms with Crippen molar-refractivity contribution in [1.82, 2.24) is 20.3 Å². The number of nitrogens with one attached hydrogen (secondary N) is 2. The summed E-state index contributed by atoms with van der Waals surface area (Å²) in [6, 6.07) is 9.13. The molecule has 2 N–H and O–H groups in total. The Labute approximate surface area is 233 Å². The van der Waals surface area contributed by atoms with Crippen molar-refractivity contribution in [2.24, 2.45) is 0 Å². The summed E-state index contributed by atoms with van der Waals surface area (Å²) < 4.78 is 44.0. The first kappa shape index (κ1) is 29.1. The Morgan fingerprint density at radius 2 is 1.72 bits per heavy atom. The lowest BCUT2D eigenvalue weighted by molar-refractivity contribution is 0.0538. The molecule has 12 heteroatoms. The fourth-order valence-electron chi connectivity index (χ4n) is 3.76. The number of anilines is 2. The highest BCUT2D eigenvalue weighted by atomic mass is 32.2. The quantitative estimate of drug-likeness (QED) is 0.207. The van der Waals surface area contributed by atoms with Gasteiger partial charge in [-0.05, 0) is 52.0 Å². The summed E-state index contributed by atoms with van der Waals surface area (Å²) in [6.45, 7) is 10.8. The Hall–Kier alpha value is -2.90. The summed E-state index contributed by atoms with van der Waals surface area (Å²) in [5.41, 5.74) is 4.04. The molecule has 0 fully saturated rings. The molecule has 2 aromatic carbocycles. The van der Waals surface area contributed by atoms with Crippen LogP contribution in [-0.4, -0.2) is 74.2 Å². The van der Waals surface area contributed by atoms with Gasteiger partial charge in [0.1, 0.15) is 29.4 Å². The molecule has 10 nitrogen and oxygen atoms in total. The molecule has 2 heterocycles. The lowest BCUT2D eigenvalue weighted by Crippen LogP contribution is -2.29. The maximum absolute atomic E-state index is 13.6. The van der Waals surface area contributed by atoms with Crippen LogP contribution in [0.5, 0.6) is 5.75 Å². The number of fused-ring (bicyclic) bond motifs is 2. The van der Waals surface area contributed by atoms with Crippen LogP contribution in [0.2, 0.25) is 0 Å². The minimum atomic E-state index is -3.74. The Morgan fingerprint density at radius 1 is 0.923 bits per heavy atom. The second kappa shape index (κ2) is 13.0. The van der Waals surface area contributed by atoms with Crippen LogP contribution >= 0.6 is 11.3 Å². The predicted molar refractivity (Wildman–Crippen MR) is 155 cm³/mol. The van der Waals surface area contributed by atoms with Crippen LogP contribution in [-0.2, 0) is 19.3 Å². The van der Waals surface area contributed by atoms with Gasteiger partial charge in [0.05, 0.1) is 45.8 Å². The SMILES string of the molecule is CCOCCOCCNCCOc1cc2ncnc(Nc3ccc4scnc4c3)c2cc1S(=O)(=O)C(C)(C)C. The summed E-state index contributed by atoms with van der Waals surface area (Å²) in [5, 5.41) is 7.12. The van der Waals surface area contributed by atoms with Crippen molar-refractivity contribution in [2.75, 3.05) is 51.4 Å². The zero-order chi connectivity index (χ0) is 27.9. The minimum Gasteiger partial charge on any atom is -0.491 e. The van der Waals surface area contributed by atoms with Crippen molar-refractivity contribution in [1.29, 1.82) is 0 Å². The Morgan fingerprint density at radius 3 is 2.51 bits per heavy atom. The fourth-order valence-corrected chi connectivity index (χ4v) is 5.73. The van der Waals surface area contributed by atoms with Crippen molar-refractivity contribution < 1.29 is 22.6 Å². The van der Waals surface area contributed by atoms with Crippen LogP contribution in [0, 0.1) is 0 Å². The van der Waals surface area contributed by atoms with Gasteiger partial charge >= 0.3 is 0 Å². The molecule has 0 aliphatic carbocycles. The van der Waals surface area contributed by atoms with Gasteiger partial charge in [0.15, 0.2) is 9.84 Å². The Bertz CT molecular complexity index is 1500. The van der Waals surface area contributed by atoms with Gasteiger partial charge in [0.2, 0.25) is 0 Å². The van der Waals surface area contributed by atoms with Crippen molar-refractivity contribution in [3.05, 3.63) is 42.2 Å². The molecule has 0 aliphatic rings. The van der Waals surface area contributed by atoms with Gasteiger partial charge in [-0.3, -0.25) is 0 Å². The molecule has 0 bridgehead atoms. The van der Waals surface area contributed by atoms with Crippen LogP contribution in [0.25, 0.3) is 21.1 Å². The molecule has 4 rings (SSSR count). The smallest absolute Gasteiger partial charge is 0.186 e. The van der Waals surface area contributed by atoms with E-state index in [9.17, 15) is 8.42 Å². The van der Waals surface area contributed by atoms with E-state index in [1.54, 1.807) is 49.8 Å². The van der Waals surface area contributed by atoms with Gasteiger partial charge in [-0.15, -0.1) is 11.3 Å². The topological polar surface area (TPSA) is 125 Å². The summed E-state index contributed by atoms with van der Waals surface area (Å²) in [7, 11) is -3.74. The number of hydrogen-bond acceptors (Lipinski definition) is 11. The first-order chi connectivity index (χ1) is 18.7. The van der Waals surface area contributed by atoms with E-state index < -0.39 is 14.6 Å². The highest BCUT2D eigenvalue weighted by molar-refractivity contribution is 7.92. The number of aromatic nitrogens is 3. The Kier molecular flexibility index (Phi) is 9.67. The van der Waals surface area contributed by atoms with Crippen LogP contribution in [0.1, 0.15) is 27.7 Å². The summed E-state index contributed by atoms with van der Waals surface area (Å²) in [5.74, 6) is 0.762. The number of sulfone groups is 1. The zero-order valence-corrected chi connectivity index (χ0v) is 24.3. The second-order valence-corrected chi connectivity index (χ2v) is 13.3. The maximum atomic E-state index is 13.6. The number of nitrogens with zero attached hydrogens (tertiary/aromatic N) is 3. The standard InChI is InChI=1S/C27H35N5O5S2/c1-5-35-12-13-36-10-8-28-9-11-37-23-16-21-20(15-25(23)39(33,34)27(2,3)4)26(30-17-29-21)32-19-6-7-24-22(14-19)31-18-38-24/h6-7,14-18,28H,5,8-13H2,1-4H3,(H,29,30,32). The van der Waals surface area contributed by atoms with Crippen LogP contribution in [0.3, 0.4) is 0 Å². The van der Waals surface area contributed by atoms with E-state index in [1.807, 2.05) is 25.1 Å². The van der Waals surface area contributed by atoms with E-state index in [0.717, 1.165) is 15.9 Å². The number of ether oxygens (including phenoxy) is 3. The van der Waals surface area contributed by atoms with E-state index in [0.29, 0.717) is 56.2 Å². The number of benzene rings is 2. The van der Waals surface area contributed by atoms with Gasteiger partial charge in [-0.1, -0.05) is 0 Å². The van der Waals surface area contributed by atoms with Crippen LogP contribution in [0.15, 0.2) is 47.1 Å². The van der Waals surface area contributed by atoms with Crippen LogP contribution < -0.4 is 15.4 Å². The lowest BCUT2D eigenvalue weighted by Gasteiger charge is -2.22. The summed E-state index contributed by atoms with van der Waals surface area (Å²) >= 11 is 1.57. The lowest BCUT2D eigenvalue weighted by atomic mass is 10.2. The number of thiazole rings is 1. The van der Waals surface area contributed by atoms with Crippen molar-refractivity contribution >= 4 is 53.8 Å². The molecule has 0 radical (unpaired) electrons. The molecular formula is C27H35N5O5S2. The van der Waals surface area contributed by atoms with Gasteiger partial charge in [-0.25, -0.2) is 23.4 Å². The number of rotatable bonds is 14. The van der Waals surface area contributed by atoms with Gasteiger partial charge in [0.25, 0.3) is 0 Å². The third kappa shape index (κ3) is 7.20. The van der Waals surface area contributed by atoms with Crippen LogP contribution in [0.4, 0.5) is 11.5 Å². The monoisotopic (exact) mass is 573 g/mol. The average molecular weight is 574 g/mol. The molecule has 210 valence electrons. The highest BCUT2D eigenvalue weighted by Gasteiger charge is 2.34. The van der Waals surface area contributed by atoms with E-state index >= 15 is 0 Å². The van der Waals surface area contributed by atoms with Gasteiger partial charge < -0.3 is 24.8 Å². The third-order valence-electron chi connectivity index (χ3n) is 5.93. The maximum Gasteiger partial charge on any atom is 0.186 e. The molecular weight excluding hydrogens is 538 g/mol. The third-order valence-corrected chi connectivity index (χ3v) is 9.25. The molecule has 0 amide bonds. The summed E-state index contributed by atoms with van der Waals surface area (Å²) in [4.78, 5) is 13.3. The van der Waals surface area contributed by atoms with E-state index in [4.69, 9.17) is 14.2 Å². The highest BCUT2D eigenvalue weighted by Crippen LogP contribution is 2.37. The zero-order valence-electron chi connectivity index (χ0n) is 22.7. The molecule has 0 saturated heterocycles. The Balaban J connectivity index is 1.53. The first-order valence-electron chi connectivity index (χ1n) is 12.8. The molecule has 4 aromatic rings. The van der Waals surface area contributed by atoms with E-state index in [-0.39, 0.29) is 17.3 Å². The first-order valence-corrected chi connectivity index (χ1v) is 15.2. The second-order valence-electron chi connectivity index (χ2n) is 9.72. The summed E-state index contributed by atoms with van der Waals surface area (Å²) in [6.07, 6.45) is 1.45. The van der Waals surface area contributed by atoms with Crippen molar-refractivity contribution in [2.45, 2.75) is 37.3 Å². The molecule has 0 aliphatic heterocycles. The number of hydrogen-bond donors (Lipinski definition) is 2.